The van der Waals surface area contributed by atoms with Crippen molar-refractivity contribution >= 4 is 5.91 Å². The van der Waals surface area contributed by atoms with Gasteiger partial charge in [-0.3, -0.25) is 9.69 Å². The van der Waals surface area contributed by atoms with Crippen molar-refractivity contribution in [3.63, 3.8) is 0 Å². The summed E-state index contributed by atoms with van der Waals surface area (Å²) in [6, 6.07) is 9.65. The van der Waals surface area contributed by atoms with E-state index >= 15 is 0 Å². The van der Waals surface area contributed by atoms with Crippen molar-refractivity contribution in [1.29, 1.82) is 0 Å². The summed E-state index contributed by atoms with van der Waals surface area (Å²) in [7, 11) is 1.72. The molecule has 4 rings (SSSR count). The van der Waals surface area contributed by atoms with Crippen LogP contribution in [0.1, 0.15) is 50.5 Å². The summed E-state index contributed by atoms with van der Waals surface area (Å²) < 4.78 is 5.44. The number of carbonyl (C=O) groups is 1. The van der Waals surface area contributed by atoms with E-state index in [1.54, 1.807) is 14.0 Å². The molecule has 1 aromatic rings. The van der Waals surface area contributed by atoms with E-state index in [0.717, 1.165) is 37.8 Å². The van der Waals surface area contributed by atoms with Crippen LogP contribution in [0.2, 0.25) is 0 Å². The average molecular weight is 342 g/mol. The molecule has 3 fully saturated rings. The Hall–Kier alpha value is -1.55. The number of hydrogen-bond acceptors (Lipinski definition) is 3. The highest BCUT2D eigenvalue weighted by Crippen LogP contribution is 2.43. The Morgan fingerprint density at radius 3 is 2.68 bits per heavy atom. The molecule has 3 atom stereocenters. The van der Waals surface area contributed by atoms with Crippen LogP contribution in [-0.2, 0) is 4.79 Å². The van der Waals surface area contributed by atoms with Gasteiger partial charge in [0, 0.05) is 50.5 Å². The third kappa shape index (κ3) is 3.17. The second-order valence-corrected chi connectivity index (χ2v) is 8.01. The molecule has 2 saturated heterocycles. The van der Waals surface area contributed by atoms with E-state index < -0.39 is 0 Å². The summed E-state index contributed by atoms with van der Waals surface area (Å²) in [5, 5.41) is 0. The molecule has 136 valence electrons. The van der Waals surface area contributed by atoms with Gasteiger partial charge in [0.05, 0.1) is 7.11 Å². The van der Waals surface area contributed by atoms with Gasteiger partial charge in [-0.25, -0.2) is 0 Å². The minimum atomic E-state index is 0.231. The number of nitrogens with zero attached hydrogens (tertiary/aromatic N) is 2. The van der Waals surface area contributed by atoms with Crippen LogP contribution < -0.4 is 4.74 Å². The molecular formula is C21H30N2O2. The third-order valence-corrected chi connectivity index (χ3v) is 6.73. The molecule has 0 bridgehead atoms. The Balaban J connectivity index is 1.59. The van der Waals surface area contributed by atoms with Crippen molar-refractivity contribution in [2.45, 2.75) is 57.0 Å². The quantitative estimate of drug-likeness (QED) is 0.845. The van der Waals surface area contributed by atoms with Gasteiger partial charge in [-0.1, -0.05) is 25.0 Å². The van der Waals surface area contributed by atoms with Crippen LogP contribution in [0.4, 0.5) is 0 Å². The molecule has 0 radical (unpaired) electrons. The predicted octanol–water partition coefficient (Wildman–Crippen LogP) is 3.27. The van der Waals surface area contributed by atoms with Gasteiger partial charge in [0.15, 0.2) is 0 Å². The van der Waals surface area contributed by atoms with Gasteiger partial charge in [0.2, 0.25) is 5.91 Å². The van der Waals surface area contributed by atoms with Gasteiger partial charge >= 0.3 is 0 Å². The molecule has 1 amide bonds. The molecule has 0 aromatic heterocycles. The molecule has 2 aliphatic heterocycles. The summed E-state index contributed by atoms with van der Waals surface area (Å²) in [5.41, 5.74) is 1.33. The zero-order valence-electron chi connectivity index (χ0n) is 15.5. The first-order valence-electron chi connectivity index (χ1n) is 9.82. The van der Waals surface area contributed by atoms with Gasteiger partial charge in [0.1, 0.15) is 5.75 Å². The first-order valence-corrected chi connectivity index (χ1v) is 9.82. The standard InChI is InChI=1S/C21H30N2O2/c1-15(24)23-14-19(16-6-5-9-18(12-16)25-2)20-13-22(11-10-21(20)23)17-7-3-4-8-17/h5-6,9,12,17,19-21H,3-4,7-8,10-11,13-14H2,1-2H3/t19-,20-,21-/m1/s1. The van der Waals surface area contributed by atoms with E-state index in [4.69, 9.17) is 4.74 Å². The molecule has 0 unspecified atom stereocenters. The van der Waals surface area contributed by atoms with Crippen molar-refractivity contribution in [3.05, 3.63) is 29.8 Å². The number of hydrogen-bond donors (Lipinski definition) is 0. The maximum atomic E-state index is 12.2. The Bertz CT molecular complexity index is 626. The number of ether oxygens (including phenoxy) is 1. The Morgan fingerprint density at radius 1 is 1.16 bits per heavy atom. The number of piperidine rings is 1. The summed E-state index contributed by atoms with van der Waals surface area (Å²) >= 11 is 0. The van der Waals surface area contributed by atoms with Crippen LogP contribution in [0, 0.1) is 5.92 Å². The predicted molar refractivity (Wildman–Crippen MR) is 98.8 cm³/mol. The van der Waals surface area contributed by atoms with Crippen LogP contribution in [0.15, 0.2) is 24.3 Å². The smallest absolute Gasteiger partial charge is 0.219 e. The number of likely N-dealkylation sites (tertiary alicyclic amines) is 2. The second kappa shape index (κ2) is 6.99. The molecule has 1 aliphatic carbocycles. The number of methoxy groups -OCH3 is 1. The largest absolute Gasteiger partial charge is 0.497 e. The average Bonchev–Trinajstić information content (AvgIpc) is 3.29. The SMILES string of the molecule is COc1cccc([C@H]2CN(C(C)=O)[C@@H]3CCN(C4CCCC4)C[C@H]23)c1. The normalized spacial score (nSPS) is 30.5. The first-order chi connectivity index (χ1) is 12.2. The number of fused-ring (bicyclic) bond motifs is 1. The van der Waals surface area contributed by atoms with E-state index in [9.17, 15) is 4.79 Å². The Labute approximate surface area is 151 Å². The zero-order chi connectivity index (χ0) is 17.4. The lowest BCUT2D eigenvalue weighted by Gasteiger charge is -2.41. The summed E-state index contributed by atoms with van der Waals surface area (Å²) in [6.45, 7) is 4.88. The summed E-state index contributed by atoms with van der Waals surface area (Å²) in [5.74, 6) is 2.12. The maximum Gasteiger partial charge on any atom is 0.219 e. The molecule has 0 spiro atoms. The molecule has 4 heteroatoms. The summed E-state index contributed by atoms with van der Waals surface area (Å²) in [4.78, 5) is 17.1. The lowest BCUT2D eigenvalue weighted by Crippen LogP contribution is -2.50. The van der Waals surface area contributed by atoms with Crippen LogP contribution >= 0.6 is 0 Å². The monoisotopic (exact) mass is 342 g/mol. The van der Waals surface area contributed by atoms with E-state index in [2.05, 4.69) is 28.0 Å². The van der Waals surface area contributed by atoms with Gasteiger partial charge in [-0.15, -0.1) is 0 Å². The van der Waals surface area contributed by atoms with Crippen LogP contribution in [0.5, 0.6) is 5.75 Å². The fourth-order valence-electron chi connectivity index (χ4n) is 5.45. The fourth-order valence-corrected chi connectivity index (χ4v) is 5.45. The van der Waals surface area contributed by atoms with Crippen molar-refractivity contribution in [2.24, 2.45) is 5.92 Å². The minimum absolute atomic E-state index is 0.231. The Kier molecular flexibility index (Phi) is 4.72. The molecule has 25 heavy (non-hydrogen) atoms. The molecule has 2 heterocycles. The first kappa shape index (κ1) is 16.9. The van der Waals surface area contributed by atoms with Gasteiger partial charge in [-0.05, 0) is 37.0 Å². The van der Waals surface area contributed by atoms with Crippen molar-refractivity contribution in [3.8, 4) is 5.75 Å². The number of carbonyl (C=O) groups excluding carboxylic acids is 1. The highest BCUT2D eigenvalue weighted by atomic mass is 16.5. The highest BCUT2D eigenvalue weighted by Gasteiger charge is 2.47. The lowest BCUT2D eigenvalue weighted by atomic mass is 9.81. The second-order valence-electron chi connectivity index (χ2n) is 8.01. The fraction of sp³-hybridized carbons (Fsp3) is 0.667. The van der Waals surface area contributed by atoms with Crippen LogP contribution in [-0.4, -0.2) is 54.5 Å². The van der Waals surface area contributed by atoms with Crippen molar-refractivity contribution in [1.82, 2.24) is 9.80 Å². The Morgan fingerprint density at radius 2 is 1.96 bits per heavy atom. The summed E-state index contributed by atoms with van der Waals surface area (Å²) in [6.07, 6.45) is 6.61. The maximum absolute atomic E-state index is 12.2. The van der Waals surface area contributed by atoms with Gasteiger partial charge in [-0.2, -0.15) is 0 Å². The molecule has 0 N–H and O–H groups in total. The van der Waals surface area contributed by atoms with Gasteiger partial charge < -0.3 is 9.64 Å². The minimum Gasteiger partial charge on any atom is -0.497 e. The van der Waals surface area contributed by atoms with E-state index in [1.165, 1.54) is 31.2 Å². The number of amides is 1. The third-order valence-electron chi connectivity index (χ3n) is 6.73. The zero-order valence-corrected chi connectivity index (χ0v) is 15.5. The van der Waals surface area contributed by atoms with Crippen LogP contribution in [0.25, 0.3) is 0 Å². The number of benzene rings is 1. The topological polar surface area (TPSA) is 32.8 Å². The molecule has 1 saturated carbocycles. The van der Waals surface area contributed by atoms with Crippen molar-refractivity contribution < 1.29 is 9.53 Å². The van der Waals surface area contributed by atoms with Crippen molar-refractivity contribution in [2.75, 3.05) is 26.7 Å². The molecule has 3 aliphatic rings. The van der Waals surface area contributed by atoms with Crippen LogP contribution in [0.3, 0.4) is 0 Å². The van der Waals surface area contributed by atoms with E-state index in [1.807, 2.05) is 6.07 Å². The lowest BCUT2D eigenvalue weighted by molar-refractivity contribution is -0.130. The van der Waals surface area contributed by atoms with E-state index in [-0.39, 0.29) is 5.91 Å². The highest BCUT2D eigenvalue weighted by molar-refractivity contribution is 5.74. The van der Waals surface area contributed by atoms with Gasteiger partial charge in [0.25, 0.3) is 0 Å². The molecule has 1 aromatic carbocycles. The number of rotatable bonds is 3. The molecular weight excluding hydrogens is 312 g/mol. The van der Waals surface area contributed by atoms with E-state index in [0.29, 0.717) is 17.9 Å². The molecule has 4 nitrogen and oxygen atoms in total.